The van der Waals surface area contributed by atoms with Crippen molar-refractivity contribution in [2.75, 3.05) is 39.9 Å². The number of benzene rings is 1. The van der Waals surface area contributed by atoms with Crippen LogP contribution in [-0.4, -0.2) is 61.6 Å². The van der Waals surface area contributed by atoms with Gasteiger partial charge in [-0.25, -0.2) is 4.79 Å². The summed E-state index contributed by atoms with van der Waals surface area (Å²) in [6, 6.07) is 9.93. The number of methoxy groups -OCH3 is 1. The van der Waals surface area contributed by atoms with Crippen LogP contribution in [0.25, 0.3) is 0 Å². The van der Waals surface area contributed by atoms with Crippen molar-refractivity contribution in [3.8, 4) is 0 Å². The third-order valence-corrected chi connectivity index (χ3v) is 5.96. The second kappa shape index (κ2) is 8.08. The predicted octanol–water partition coefficient (Wildman–Crippen LogP) is 2.10. The quantitative estimate of drug-likeness (QED) is 0.896. The Labute approximate surface area is 155 Å². The highest BCUT2D eigenvalue weighted by Gasteiger charge is 2.49. The number of carbonyl (C=O) groups is 2. The standard InChI is InChI=1S/C20H29N3O3/c1-16(24)23-13-18(14-26-2)20(15-23)8-10-22(11-9-20)19(25)21-12-17-6-4-3-5-7-17/h3-7,18H,8-15H2,1-2H3,(H,21,25). The maximum absolute atomic E-state index is 12.5. The van der Waals surface area contributed by atoms with Crippen LogP contribution >= 0.6 is 0 Å². The van der Waals surface area contributed by atoms with E-state index in [-0.39, 0.29) is 17.4 Å². The maximum Gasteiger partial charge on any atom is 0.317 e. The second-order valence-electron chi connectivity index (χ2n) is 7.55. The summed E-state index contributed by atoms with van der Waals surface area (Å²) in [4.78, 5) is 28.1. The van der Waals surface area contributed by atoms with E-state index in [1.54, 1.807) is 14.0 Å². The smallest absolute Gasteiger partial charge is 0.317 e. The van der Waals surface area contributed by atoms with Crippen molar-refractivity contribution in [3.63, 3.8) is 0 Å². The minimum atomic E-state index is -0.00610. The van der Waals surface area contributed by atoms with Crippen molar-refractivity contribution in [3.05, 3.63) is 35.9 Å². The first kappa shape index (κ1) is 18.7. The molecular weight excluding hydrogens is 330 g/mol. The molecule has 1 unspecified atom stereocenters. The fraction of sp³-hybridized carbons (Fsp3) is 0.600. The number of carbonyl (C=O) groups excluding carboxylic acids is 2. The molecule has 2 heterocycles. The molecule has 2 saturated heterocycles. The van der Waals surface area contributed by atoms with Crippen molar-refractivity contribution in [1.29, 1.82) is 0 Å². The van der Waals surface area contributed by atoms with Crippen LogP contribution in [-0.2, 0) is 16.1 Å². The topological polar surface area (TPSA) is 61.9 Å². The van der Waals surface area contributed by atoms with E-state index in [1.165, 1.54) is 0 Å². The molecule has 0 saturated carbocycles. The Bertz CT molecular complexity index is 626. The molecule has 2 fully saturated rings. The van der Waals surface area contributed by atoms with Gasteiger partial charge in [0.25, 0.3) is 0 Å². The van der Waals surface area contributed by atoms with Crippen molar-refractivity contribution in [1.82, 2.24) is 15.1 Å². The van der Waals surface area contributed by atoms with E-state index in [9.17, 15) is 9.59 Å². The fourth-order valence-corrected chi connectivity index (χ4v) is 4.31. The van der Waals surface area contributed by atoms with E-state index >= 15 is 0 Å². The Morgan fingerprint density at radius 1 is 1.19 bits per heavy atom. The van der Waals surface area contributed by atoms with Crippen molar-refractivity contribution < 1.29 is 14.3 Å². The Hall–Kier alpha value is -2.08. The number of nitrogens with one attached hydrogen (secondary N) is 1. The summed E-state index contributed by atoms with van der Waals surface area (Å²) in [6.45, 7) is 5.86. The van der Waals surface area contributed by atoms with Crippen molar-refractivity contribution in [2.45, 2.75) is 26.3 Å². The van der Waals surface area contributed by atoms with Crippen molar-refractivity contribution >= 4 is 11.9 Å². The van der Waals surface area contributed by atoms with Gasteiger partial charge in [0.2, 0.25) is 5.91 Å². The second-order valence-corrected chi connectivity index (χ2v) is 7.55. The largest absolute Gasteiger partial charge is 0.384 e. The summed E-state index contributed by atoms with van der Waals surface area (Å²) >= 11 is 0. The number of ether oxygens (including phenoxy) is 1. The molecule has 0 aliphatic carbocycles. The Kier molecular flexibility index (Phi) is 5.81. The molecule has 3 rings (SSSR count). The van der Waals surface area contributed by atoms with Crippen LogP contribution in [0.1, 0.15) is 25.3 Å². The zero-order chi connectivity index (χ0) is 18.6. The molecule has 142 valence electrons. The monoisotopic (exact) mass is 359 g/mol. The van der Waals surface area contributed by atoms with Gasteiger partial charge in [0.05, 0.1) is 6.61 Å². The number of hydrogen-bond acceptors (Lipinski definition) is 3. The first-order valence-corrected chi connectivity index (χ1v) is 9.35. The minimum Gasteiger partial charge on any atom is -0.384 e. The highest BCUT2D eigenvalue weighted by molar-refractivity contribution is 5.74. The molecule has 6 nitrogen and oxygen atoms in total. The summed E-state index contributed by atoms with van der Waals surface area (Å²) < 4.78 is 5.41. The fourth-order valence-electron chi connectivity index (χ4n) is 4.31. The summed E-state index contributed by atoms with van der Waals surface area (Å²) in [5.41, 5.74) is 1.18. The zero-order valence-corrected chi connectivity index (χ0v) is 15.7. The van der Waals surface area contributed by atoms with E-state index in [4.69, 9.17) is 4.74 Å². The lowest BCUT2D eigenvalue weighted by molar-refractivity contribution is -0.128. The molecule has 1 N–H and O–H groups in total. The van der Waals surface area contributed by atoms with E-state index in [1.807, 2.05) is 40.1 Å². The predicted molar refractivity (Wildman–Crippen MR) is 99.5 cm³/mol. The average molecular weight is 359 g/mol. The molecular formula is C20H29N3O3. The molecule has 1 atom stereocenters. The van der Waals surface area contributed by atoms with Gasteiger partial charge in [-0.2, -0.15) is 0 Å². The number of hydrogen-bond donors (Lipinski definition) is 1. The van der Waals surface area contributed by atoms with Gasteiger partial charge in [0, 0.05) is 52.7 Å². The van der Waals surface area contributed by atoms with Crippen LogP contribution in [0.3, 0.4) is 0 Å². The molecule has 0 aromatic heterocycles. The Morgan fingerprint density at radius 3 is 2.50 bits per heavy atom. The van der Waals surface area contributed by atoms with Crippen LogP contribution in [0.2, 0.25) is 0 Å². The third-order valence-electron chi connectivity index (χ3n) is 5.96. The summed E-state index contributed by atoms with van der Waals surface area (Å²) in [6.07, 6.45) is 1.84. The minimum absolute atomic E-state index is 0.00610. The molecule has 3 amide bonds. The van der Waals surface area contributed by atoms with E-state index < -0.39 is 0 Å². The van der Waals surface area contributed by atoms with E-state index in [0.717, 1.165) is 44.6 Å². The van der Waals surface area contributed by atoms with Gasteiger partial charge in [-0.1, -0.05) is 30.3 Å². The molecule has 2 aliphatic rings. The van der Waals surface area contributed by atoms with Crippen LogP contribution in [0.5, 0.6) is 0 Å². The van der Waals surface area contributed by atoms with Gasteiger partial charge in [-0.3, -0.25) is 4.79 Å². The summed E-state index contributed by atoms with van der Waals surface area (Å²) in [5, 5.41) is 3.01. The molecule has 6 heteroatoms. The lowest BCUT2D eigenvalue weighted by Gasteiger charge is -2.42. The number of urea groups is 1. The summed E-state index contributed by atoms with van der Waals surface area (Å²) in [7, 11) is 1.72. The number of nitrogens with zero attached hydrogens (tertiary/aromatic N) is 2. The first-order valence-electron chi connectivity index (χ1n) is 9.35. The molecule has 0 radical (unpaired) electrons. The SMILES string of the molecule is COCC1CN(C(C)=O)CC12CCN(C(=O)NCc1ccccc1)CC2. The van der Waals surface area contributed by atoms with E-state index in [0.29, 0.717) is 19.1 Å². The number of piperidine rings is 1. The van der Waals surface area contributed by atoms with Crippen LogP contribution in [0, 0.1) is 11.3 Å². The molecule has 1 aromatic carbocycles. The van der Waals surface area contributed by atoms with Gasteiger partial charge in [0.15, 0.2) is 0 Å². The van der Waals surface area contributed by atoms with Crippen molar-refractivity contribution in [2.24, 2.45) is 11.3 Å². The summed E-state index contributed by atoms with van der Waals surface area (Å²) in [5.74, 6) is 0.483. The van der Waals surface area contributed by atoms with Crippen LogP contribution in [0.15, 0.2) is 30.3 Å². The molecule has 2 aliphatic heterocycles. The van der Waals surface area contributed by atoms with Crippen LogP contribution in [0.4, 0.5) is 4.79 Å². The van der Waals surface area contributed by atoms with Gasteiger partial charge < -0.3 is 19.9 Å². The first-order chi connectivity index (χ1) is 12.5. The van der Waals surface area contributed by atoms with Crippen LogP contribution < -0.4 is 5.32 Å². The Balaban J connectivity index is 1.55. The zero-order valence-electron chi connectivity index (χ0n) is 15.7. The van der Waals surface area contributed by atoms with Gasteiger partial charge in [0.1, 0.15) is 0 Å². The molecule has 1 aromatic rings. The lowest BCUT2D eigenvalue weighted by atomic mass is 9.71. The number of rotatable bonds is 4. The highest BCUT2D eigenvalue weighted by atomic mass is 16.5. The maximum atomic E-state index is 12.5. The molecule has 26 heavy (non-hydrogen) atoms. The lowest BCUT2D eigenvalue weighted by Crippen LogP contribution is -2.50. The van der Waals surface area contributed by atoms with Gasteiger partial charge in [-0.15, -0.1) is 0 Å². The molecule has 0 bridgehead atoms. The normalized spacial score (nSPS) is 21.8. The Morgan fingerprint density at radius 2 is 1.88 bits per heavy atom. The molecule has 1 spiro atoms. The van der Waals surface area contributed by atoms with E-state index in [2.05, 4.69) is 5.32 Å². The third kappa shape index (κ3) is 4.01. The number of likely N-dealkylation sites (tertiary alicyclic amines) is 2. The van der Waals surface area contributed by atoms with Gasteiger partial charge in [-0.05, 0) is 23.8 Å². The van der Waals surface area contributed by atoms with Gasteiger partial charge >= 0.3 is 6.03 Å². The number of amides is 3. The average Bonchev–Trinajstić information content (AvgIpc) is 3.00. The highest BCUT2D eigenvalue weighted by Crippen LogP contribution is 2.44.